The van der Waals surface area contributed by atoms with Gasteiger partial charge in [-0.25, -0.2) is 0 Å². The molecule has 1 aliphatic carbocycles. The Hall–Kier alpha value is -3.59. The van der Waals surface area contributed by atoms with Crippen molar-refractivity contribution in [1.82, 2.24) is 10.9 Å². The van der Waals surface area contributed by atoms with Gasteiger partial charge in [0, 0.05) is 16.6 Å². The largest absolute Gasteiger partial charge is 0.484 e. The highest BCUT2D eigenvalue weighted by Gasteiger charge is 2.21. The number of amides is 3. The van der Waals surface area contributed by atoms with Crippen LogP contribution in [0.1, 0.15) is 44.0 Å². The number of anilines is 1. The Balaban J connectivity index is 1.24. The molecular formula is C23H23N3O5S. The van der Waals surface area contributed by atoms with Crippen LogP contribution in [0.3, 0.4) is 0 Å². The van der Waals surface area contributed by atoms with Crippen molar-refractivity contribution in [3.8, 4) is 5.75 Å². The molecule has 1 aliphatic rings. The van der Waals surface area contributed by atoms with Crippen molar-refractivity contribution in [2.75, 3.05) is 11.9 Å². The summed E-state index contributed by atoms with van der Waals surface area (Å²) in [5.74, 6) is -0.0261. The summed E-state index contributed by atoms with van der Waals surface area (Å²) in [6.07, 6.45) is 4.53. The lowest BCUT2D eigenvalue weighted by Crippen LogP contribution is -2.43. The van der Waals surface area contributed by atoms with E-state index in [1.54, 1.807) is 36.4 Å². The van der Waals surface area contributed by atoms with Gasteiger partial charge in [-0.3, -0.25) is 25.2 Å². The molecule has 2 heterocycles. The first kappa shape index (κ1) is 21.6. The molecule has 0 saturated carbocycles. The molecule has 3 N–H and O–H groups in total. The molecule has 8 nitrogen and oxygen atoms in total. The summed E-state index contributed by atoms with van der Waals surface area (Å²) in [7, 11) is 0. The summed E-state index contributed by atoms with van der Waals surface area (Å²) < 4.78 is 10.5. The molecule has 0 saturated heterocycles. The van der Waals surface area contributed by atoms with Crippen LogP contribution in [0.25, 0.3) is 0 Å². The van der Waals surface area contributed by atoms with Crippen molar-refractivity contribution in [2.24, 2.45) is 5.92 Å². The van der Waals surface area contributed by atoms with E-state index in [0.29, 0.717) is 22.2 Å². The van der Waals surface area contributed by atoms with E-state index >= 15 is 0 Å². The molecular weight excluding hydrogens is 430 g/mol. The molecule has 1 aromatic carbocycles. The fourth-order valence-corrected chi connectivity index (χ4v) is 4.56. The van der Waals surface area contributed by atoms with Gasteiger partial charge < -0.3 is 14.5 Å². The minimum Gasteiger partial charge on any atom is -0.484 e. The topological polar surface area (TPSA) is 110 Å². The van der Waals surface area contributed by atoms with Gasteiger partial charge in [0.2, 0.25) is 0 Å². The Bertz CT molecular complexity index is 1120. The summed E-state index contributed by atoms with van der Waals surface area (Å²) in [6, 6.07) is 11.7. The molecule has 4 rings (SSSR count). The lowest BCUT2D eigenvalue weighted by Gasteiger charge is -2.16. The molecule has 0 aliphatic heterocycles. The fourth-order valence-electron chi connectivity index (χ4n) is 3.45. The van der Waals surface area contributed by atoms with Gasteiger partial charge in [-0.05, 0) is 61.1 Å². The average molecular weight is 454 g/mol. The number of fused-ring (bicyclic) bond motifs is 1. The van der Waals surface area contributed by atoms with Gasteiger partial charge in [0.1, 0.15) is 5.75 Å². The van der Waals surface area contributed by atoms with E-state index in [1.807, 2.05) is 6.07 Å². The van der Waals surface area contributed by atoms with Crippen molar-refractivity contribution < 1.29 is 23.5 Å². The lowest BCUT2D eigenvalue weighted by molar-refractivity contribution is -0.123. The quantitative estimate of drug-likeness (QED) is 0.495. The number of benzene rings is 1. The Kier molecular flexibility index (Phi) is 6.55. The van der Waals surface area contributed by atoms with E-state index in [9.17, 15) is 14.4 Å². The monoisotopic (exact) mass is 453 g/mol. The number of nitrogens with one attached hydrogen (secondary N) is 3. The van der Waals surface area contributed by atoms with Crippen LogP contribution in [0.5, 0.6) is 5.75 Å². The minimum atomic E-state index is -0.502. The van der Waals surface area contributed by atoms with Crippen LogP contribution in [0.15, 0.2) is 53.1 Å². The minimum absolute atomic E-state index is 0.188. The Morgan fingerprint density at radius 2 is 2.00 bits per heavy atom. The number of thiophene rings is 1. The van der Waals surface area contributed by atoms with Crippen LogP contribution in [0.4, 0.5) is 5.69 Å². The number of ether oxygens (including phenoxy) is 1. The molecule has 2 aromatic heterocycles. The Morgan fingerprint density at radius 1 is 1.12 bits per heavy atom. The highest BCUT2D eigenvalue weighted by atomic mass is 32.1. The fraction of sp³-hybridized carbons (Fsp3) is 0.261. The third kappa shape index (κ3) is 5.36. The molecule has 32 heavy (non-hydrogen) atoms. The molecule has 1 unspecified atom stereocenters. The summed E-state index contributed by atoms with van der Waals surface area (Å²) in [5.41, 5.74) is 6.52. The first-order valence-corrected chi connectivity index (χ1v) is 11.1. The Labute approximate surface area is 188 Å². The van der Waals surface area contributed by atoms with Crippen molar-refractivity contribution in [1.29, 1.82) is 0 Å². The summed E-state index contributed by atoms with van der Waals surface area (Å²) in [5, 5.41) is 2.68. The summed E-state index contributed by atoms with van der Waals surface area (Å²) in [6.45, 7) is 1.91. The third-order valence-corrected chi connectivity index (χ3v) is 6.31. The van der Waals surface area contributed by atoms with Gasteiger partial charge in [0.05, 0.1) is 11.1 Å². The van der Waals surface area contributed by atoms with E-state index < -0.39 is 11.8 Å². The molecule has 3 aromatic rings. The number of rotatable bonds is 6. The van der Waals surface area contributed by atoms with Gasteiger partial charge in [0.25, 0.3) is 17.7 Å². The number of hydrazine groups is 1. The number of carbonyl (C=O) groups excluding carboxylic acids is 3. The van der Waals surface area contributed by atoms with Crippen molar-refractivity contribution in [2.45, 2.75) is 26.2 Å². The van der Waals surface area contributed by atoms with Gasteiger partial charge in [0.15, 0.2) is 12.4 Å². The molecule has 166 valence electrons. The zero-order valence-corrected chi connectivity index (χ0v) is 18.3. The van der Waals surface area contributed by atoms with Crippen LogP contribution in [0.2, 0.25) is 0 Å². The van der Waals surface area contributed by atoms with Crippen LogP contribution >= 0.6 is 11.3 Å². The molecule has 0 radical (unpaired) electrons. The van der Waals surface area contributed by atoms with E-state index in [2.05, 4.69) is 23.1 Å². The second-order valence-corrected chi connectivity index (χ2v) is 8.79. The second kappa shape index (κ2) is 9.69. The van der Waals surface area contributed by atoms with Gasteiger partial charge >= 0.3 is 0 Å². The SMILES string of the molecule is CC1CCc2sc(C(=O)NNC(=O)COc3cccc(NC(=O)c4ccco4)c3)cc2C1. The first-order valence-electron chi connectivity index (χ1n) is 10.3. The van der Waals surface area contributed by atoms with Crippen molar-refractivity contribution >= 4 is 34.7 Å². The zero-order valence-electron chi connectivity index (χ0n) is 17.5. The highest BCUT2D eigenvalue weighted by Crippen LogP contribution is 2.32. The summed E-state index contributed by atoms with van der Waals surface area (Å²) >= 11 is 1.48. The highest BCUT2D eigenvalue weighted by molar-refractivity contribution is 7.14. The Morgan fingerprint density at radius 3 is 2.81 bits per heavy atom. The standard InChI is InChI=1S/C23H23N3O5S/c1-14-7-8-19-15(10-14)11-20(32-19)23(29)26-25-21(27)13-31-17-5-2-4-16(12-17)24-22(28)18-6-3-9-30-18/h2-6,9,11-12,14H,7-8,10,13H2,1H3,(H,24,28)(H,25,27)(H,26,29). The first-order chi connectivity index (χ1) is 15.5. The van der Waals surface area contributed by atoms with Gasteiger partial charge in [-0.15, -0.1) is 11.3 Å². The normalized spacial score (nSPS) is 14.8. The molecule has 0 bridgehead atoms. The lowest BCUT2D eigenvalue weighted by atomic mass is 9.90. The molecule has 9 heteroatoms. The predicted octanol–water partition coefficient (Wildman–Crippen LogP) is 3.56. The van der Waals surface area contributed by atoms with Gasteiger partial charge in [-0.2, -0.15) is 0 Å². The zero-order chi connectivity index (χ0) is 22.5. The molecule has 0 fully saturated rings. The van der Waals surface area contributed by atoms with Crippen LogP contribution in [0, 0.1) is 5.92 Å². The van der Waals surface area contributed by atoms with E-state index in [4.69, 9.17) is 9.15 Å². The van der Waals surface area contributed by atoms with E-state index in [0.717, 1.165) is 19.3 Å². The van der Waals surface area contributed by atoms with Crippen LogP contribution in [-0.4, -0.2) is 24.3 Å². The number of hydrogen-bond donors (Lipinski definition) is 3. The number of aryl methyl sites for hydroxylation is 1. The number of furan rings is 1. The van der Waals surface area contributed by atoms with Crippen molar-refractivity contribution in [3.63, 3.8) is 0 Å². The number of hydrogen-bond acceptors (Lipinski definition) is 6. The predicted molar refractivity (Wildman–Crippen MR) is 120 cm³/mol. The maximum atomic E-state index is 12.4. The third-order valence-electron chi connectivity index (χ3n) is 5.08. The smallest absolute Gasteiger partial charge is 0.291 e. The number of carbonyl (C=O) groups is 3. The average Bonchev–Trinajstić information content (AvgIpc) is 3.46. The van der Waals surface area contributed by atoms with Crippen molar-refractivity contribution in [3.05, 3.63) is 69.8 Å². The maximum Gasteiger partial charge on any atom is 0.291 e. The second-order valence-electron chi connectivity index (χ2n) is 7.66. The maximum absolute atomic E-state index is 12.4. The van der Waals surface area contributed by atoms with Gasteiger partial charge in [-0.1, -0.05) is 13.0 Å². The van der Waals surface area contributed by atoms with Crippen LogP contribution in [-0.2, 0) is 17.6 Å². The molecule has 0 spiro atoms. The molecule has 3 amide bonds. The molecule has 1 atom stereocenters. The van der Waals surface area contributed by atoms with Crippen LogP contribution < -0.4 is 20.9 Å². The van der Waals surface area contributed by atoms with E-state index in [-0.39, 0.29) is 18.3 Å². The van der Waals surface area contributed by atoms with E-state index in [1.165, 1.54) is 28.0 Å². The summed E-state index contributed by atoms with van der Waals surface area (Å²) in [4.78, 5) is 38.3.